The predicted molar refractivity (Wildman–Crippen MR) is 63.4 cm³/mol. The summed E-state index contributed by atoms with van der Waals surface area (Å²) >= 11 is 0. The molecule has 0 spiro atoms. The average Bonchev–Trinajstić information content (AvgIpc) is 2.74. The Kier molecular flexibility index (Phi) is 4.07. The first-order valence-corrected chi connectivity index (χ1v) is 7.51. The highest BCUT2D eigenvalue weighted by Crippen LogP contribution is 2.19. The summed E-state index contributed by atoms with van der Waals surface area (Å²) in [5, 5.41) is 8.93. The molecule has 2 unspecified atom stereocenters. The van der Waals surface area contributed by atoms with Gasteiger partial charge in [0.2, 0.25) is 0 Å². The summed E-state index contributed by atoms with van der Waals surface area (Å²) in [7, 11) is -3.85. The maximum atomic E-state index is 12.1. The van der Waals surface area contributed by atoms with Gasteiger partial charge in [-0.1, -0.05) is 0 Å². The zero-order chi connectivity index (χ0) is 14.0. The van der Waals surface area contributed by atoms with Gasteiger partial charge in [-0.3, -0.25) is 9.59 Å². The summed E-state index contributed by atoms with van der Waals surface area (Å²) in [4.78, 5) is 22.2. The van der Waals surface area contributed by atoms with Crippen molar-refractivity contribution in [1.29, 1.82) is 0 Å². The first-order chi connectivity index (χ1) is 8.90. The summed E-state index contributed by atoms with van der Waals surface area (Å²) in [6, 6.07) is -0.866. The third-order valence-corrected chi connectivity index (χ3v) is 4.89. The molecule has 19 heavy (non-hydrogen) atoms. The van der Waals surface area contributed by atoms with E-state index in [4.69, 9.17) is 5.11 Å². The van der Waals surface area contributed by atoms with Gasteiger partial charge in [-0.05, 0) is 12.8 Å². The fourth-order valence-corrected chi connectivity index (χ4v) is 3.69. The van der Waals surface area contributed by atoms with E-state index >= 15 is 0 Å². The second kappa shape index (κ2) is 5.43. The van der Waals surface area contributed by atoms with Crippen molar-refractivity contribution in [3.05, 3.63) is 0 Å². The standard InChI is InChI=1S/C10H16N2O6S/c13-9(14)7-2-1-4-12(6-7)19(16,17)11-8-3-5-18-10(8)15/h7-8,11H,1-6H2,(H,13,14). The molecule has 2 heterocycles. The lowest BCUT2D eigenvalue weighted by Gasteiger charge is -2.30. The summed E-state index contributed by atoms with van der Waals surface area (Å²) < 4.78 is 32.2. The molecule has 0 amide bonds. The number of carboxylic acid groups (broad SMARTS) is 1. The van der Waals surface area contributed by atoms with Gasteiger partial charge in [-0.25, -0.2) is 0 Å². The molecular formula is C10H16N2O6S. The van der Waals surface area contributed by atoms with Crippen LogP contribution in [0, 0.1) is 5.92 Å². The van der Waals surface area contributed by atoms with Crippen LogP contribution >= 0.6 is 0 Å². The summed E-state index contributed by atoms with van der Waals surface area (Å²) in [5.74, 6) is -2.28. The minimum absolute atomic E-state index is 0.0631. The number of hydrogen-bond acceptors (Lipinski definition) is 5. The third-order valence-electron chi connectivity index (χ3n) is 3.30. The Hall–Kier alpha value is -1.19. The SMILES string of the molecule is O=C(O)C1CCCN(S(=O)(=O)NC2CCOC2=O)C1. The number of nitrogens with zero attached hydrogens (tertiary/aromatic N) is 1. The zero-order valence-electron chi connectivity index (χ0n) is 10.2. The van der Waals surface area contributed by atoms with Crippen molar-refractivity contribution in [2.24, 2.45) is 5.92 Å². The van der Waals surface area contributed by atoms with Crippen molar-refractivity contribution in [2.75, 3.05) is 19.7 Å². The van der Waals surface area contributed by atoms with Crippen molar-refractivity contribution >= 4 is 22.1 Å². The number of ether oxygens (including phenoxy) is 1. The number of carbonyl (C=O) groups excluding carboxylic acids is 1. The van der Waals surface area contributed by atoms with E-state index in [1.165, 1.54) is 0 Å². The molecule has 0 aliphatic carbocycles. The molecule has 8 nitrogen and oxygen atoms in total. The molecule has 0 aromatic rings. The molecule has 2 rings (SSSR count). The van der Waals surface area contributed by atoms with E-state index in [1.54, 1.807) is 0 Å². The molecule has 2 fully saturated rings. The summed E-state index contributed by atoms with van der Waals surface area (Å²) in [6.45, 7) is 0.400. The quantitative estimate of drug-likeness (QED) is 0.638. The number of nitrogens with one attached hydrogen (secondary N) is 1. The highest BCUT2D eigenvalue weighted by atomic mass is 32.2. The number of carboxylic acids is 1. The van der Waals surface area contributed by atoms with Crippen LogP contribution in [0.1, 0.15) is 19.3 Å². The van der Waals surface area contributed by atoms with Gasteiger partial charge in [-0.15, -0.1) is 0 Å². The minimum Gasteiger partial charge on any atom is -0.481 e. The number of hydrogen-bond donors (Lipinski definition) is 2. The van der Waals surface area contributed by atoms with Gasteiger partial charge in [0.15, 0.2) is 0 Å². The lowest BCUT2D eigenvalue weighted by molar-refractivity contribution is -0.143. The van der Waals surface area contributed by atoms with Crippen molar-refractivity contribution < 1.29 is 27.9 Å². The van der Waals surface area contributed by atoms with Gasteiger partial charge in [0.1, 0.15) is 6.04 Å². The largest absolute Gasteiger partial charge is 0.481 e. The van der Waals surface area contributed by atoms with E-state index in [0.717, 1.165) is 4.31 Å². The Morgan fingerprint density at radius 3 is 2.74 bits per heavy atom. The third kappa shape index (κ3) is 3.23. The molecule has 108 valence electrons. The second-order valence-electron chi connectivity index (χ2n) is 4.67. The lowest BCUT2D eigenvalue weighted by Crippen LogP contribution is -2.51. The van der Waals surface area contributed by atoms with Crippen LogP contribution in [0.25, 0.3) is 0 Å². The van der Waals surface area contributed by atoms with Crippen LogP contribution in [-0.4, -0.2) is 55.5 Å². The number of carbonyl (C=O) groups is 2. The molecule has 0 bridgehead atoms. The number of piperidine rings is 1. The van der Waals surface area contributed by atoms with Crippen LogP contribution in [0.15, 0.2) is 0 Å². The average molecular weight is 292 g/mol. The molecule has 0 saturated carbocycles. The van der Waals surface area contributed by atoms with Crippen molar-refractivity contribution in [3.8, 4) is 0 Å². The van der Waals surface area contributed by atoms with Crippen LogP contribution in [0.5, 0.6) is 0 Å². The molecule has 2 saturated heterocycles. The normalized spacial score (nSPS) is 29.2. The number of rotatable bonds is 4. The van der Waals surface area contributed by atoms with Crippen LogP contribution in [0.3, 0.4) is 0 Å². The maximum absolute atomic E-state index is 12.1. The fraction of sp³-hybridized carbons (Fsp3) is 0.800. The minimum atomic E-state index is -3.85. The van der Waals surface area contributed by atoms with Gasteiger partial charge < -0.3 is 9.84 Å². The van der Waals surface area contributed by atoms with Gasteiger partial charge in [0, 0.05) is 19.5 Å². The lowest BCUT2D eigenvalue weighted by atomic mass is 10.0. The van der Waals surface area contributed by atoms with E-state index in [0.29, 0.717) is 19.3 Å². The number of esters is 1. The number of aliphatic carboxylic acids is 1. The Bertz CT molecular complexity index is 476. The number of cyclic esters (lactones) is 1. The molecule has 9 heteroatoms. The Morgan fingerprint density at radius 1 is 1.42 bits per heavy atom. The Balaban J connectivity index is 2.02. The molecular weight excluding hydrogens is 276 g/mol. The fourth-order valence-electron chi connectivity index (χ4n) is 2.22. The summed E-state index contributed by atoms with van der Waals surface area (Å²) in [5.41, 5.74) is 0. The predicted octanol–water partition coefficient (Wildman–Crippen LogP) is -1.07. The van der Waals surface area contributed by atoms with E-state index in [1.807, 2.05) is 0 Å². The van der Waals surface area contributed by atoms with Gasteiger partial charge >= 0.3 is 11.9 Å². The maximum Gasteiger partial charge on any atom is 0.324 e. The van der Waals surface area contributed by atoms with Crippen molar-refractivity contribution in [1.82, 2.24) is 9.03 Å². The first kappa shape index (κ1) is 14.2. The molecule has 0 radical (unpaired) electrons. The topological polar surface area (TPSA) is 113 Å². The molecule has 2 aliphatic heterocycles. The zero-order valence-corrected chi connectivity index (χ0v) is 11.1. The van der Waals surface area contributed by atoms with Crippen molar-refractivity contribution in [2.45, 2.75) is 25.3 Å². The molecule has 0 aromatic heterocycles. The van der Waals surface area contributed by atoms with Crippen LogP contribution in [0.2, 0.25) is 0 Å². The Morgan fingerprint density at radius 2 is 2.16 bits per heavy atom. The molecule has 2 aliphatic rings. The van der Waals surface area contributed by atoms with Gasteiger partial charge in [-0.2, -0.15) is 17.4 Å². The van der Waals surface area contributed by atoms with Crippen molar-refractivity contribution in [3.63, 3.8) is 0 Å². The van der Waals surface area contributed by atoms with E-state index in [-0.39, 0.29) is 19.7 Å². The smallest absolute Gasteiger partial charge is 0.324 e. The second-order valence-corrected chi connectivity index (χ2v) is 6.37. The van der Waals surface area contributed by atoms with E-state index in [2.05, 4.69) is 9.46 Å². The van der Waals surface area contributed by atoms with Crippen LogP contribution in [-0.2, 0) is 24.5 Å². The molecule has 2 N–H and O–H groups in total. The van der Waals surface area contributed by atoms with Gasteiger partial charge in [0.05, 0.1) is 12.5 Å². The van der Waals surface area contributed by atoms with Crippen LogP contribution < -0.4 is 4.72 Å². The van der Waals surface area contributed by atoms with E-state index in [9.17, 15) is 18.0 Å². The molecule has 2 atom stereocenters. The van der Waals surface area contributed by atoms with Gasteiger partial charge in [0.25, 0.3) is 10.2 Å². The molecule has 0 aromatic carbocycles. The summed E-state index contributed by atoms with van der Waals surface area (Å²) in [6.07, 6.45) is 1.26. The first-order valence-electron chi connectivity index (χ1n) is 6.07. The van der Waals surface area contributed by atoms with Crippen LogP contribution in [0.4, 0.5) is 0 Å². The Labute approximate surface area is 110 Å². The monoisotopic (exact) mass is 292 g/mol. The highest BCUT2D eigenvalue weighted by molar-refractivity contribution is 7.87. The van der Waals surface area contributed by atoms with E-state index < -0.39 is 34.1 Å². The highest BCUT2D eigenvalue weighted by Gasteiger charge is 2.36.